The fourth-order valence-electron chi connectivity index (χ4n) is 3.66. The van der Waals surface area contributed by atoms with Crippen molar-refractivity contribution in [2.24, 2.45) is 0 Å². The average molecular weight is 343 g/mol. The zero-order chi connectivity index (χ0) is 13.2. The van der Waals surface area contributed by atoms with E-state index < -0.39 is 0 Å². The van der Waals surface area contributed by atoms with Crippen molar-refractivity contribution in [1.82, 2.24) is 10.2 Å². The van der Waals surface area contributed by atoms with Gasteiger partial charge in [-0.15, -0.1) is 11.3 Å². The van der Waals surface area contributed by atoms with Gasteiger partial charge in [0.15, 0.2) is 0 Å². The molecule has 4 heteroatoms. The maximum Gasteiger partial charge on any atom is 0.0701 e. The molecule has 2 nitrogen and oxygen atoms in total. The monoisotopic (exact) mass is 342 g/mol. The Labute approximate surface area is 128 Å². The summed E-state index contributed by atoms with van der Waals surface area (Å²) in [5.74, 6) is 0. The predicted octanol–water partition coefficient (Wildman–Crippen LogP) is 4.01. The van der Waals surface area contributed by atoms with E-state index in [0.717, 1.165) is 24.7 Å². The molecule has 2 atom stereocenters. The molecule has 2 aliphatic heterocycles. The molecule has 0 radical (unpaired) electrons. The van der Waals surface area contributed by atoms with Crippen molar-refractivity contribution in [3.8, 4) is 0 Å². The van der Waals surface area contributed by atoms with Gasteiger partial charge in [0.2, 0.25) is 0 Å². The molecule has 2 fully saturated rings. The molecule has 1 N–H and O–H groups in total. The summed E-state index contributed by atoms with van der Waals surface area (Å²) in [5.41, 5.74) is 0. The van der Waals surface area contributed by atoms with Gasteiger partial charge in [-0.3, -0.25) is 4.90 Å². The molecule has 0 amide bonds. The molecule has 2 saturated heterocycles. The van der Waals surface area contributed by atoms with E-state index in [-0.39, 0.29) is 0 Å². The molecular formula is C15H23BrN2S. The molecule has 0 saturated carbocycles. The number of piperidine rings is 1. The predicted molar refractivity (Wildman–Crippen MR) is 85.7 cm³/mol. The van der Waals surface area contributed by atoms with Crippen LogP contribution in [-0.2, 0) is 6.54 Å². The maximum absolute atomic E-state index is 3.73. The van der Waals surface area contributed by atoms with Crippen LogP contribution in [0, 0.1) is 0 Å². The molecule has 2 aliphatic rings. The van der Waals surface area contributed by atoms with Crippen LogP contribution in [0.2, 0.25) is 0 Å². The Kier molecular flexibility index (Phi) is 4.62. The van der Waals surface area contributed by atoms with Crippen LogP contribution >= 0.6 is 27.3 Å². The highest BCUT2D eigenvalue weighted by molar-refractivity contribution is 9.11. The van der Waals surface area contributed by atoms with E-state index in [1.165, 1.54) is 47.3 Å². The number of halogens is 1. The van der Waals surface area contributed by atoms with Crippen LogP contribution in [-0.4, -0.2) is 29.6 Å². The Bertz CT molecular complexity index is 406. The van der Waals surface area contributed by atoms with Crippen molar-refractivity contribution in [1.29, 1.82) is 0 Å². The van der Waals surface area contributed by atoms with Crippen molar-refractivity contribution in [2.75, 3.05) is 6.54 Å². The zero-order valence-corrected chi connectivity index (χ0v) is 14.0. The number of nitrogens with one attached hydrogen (secondary N) is 1. The molecule has 2 bridgehead atoms. The summed E-state index contributed by atoms with van der Waals surface area (Å²) < 4.78 is 1.26. The van der Waals surface area contributed by atoms with Crippen molar-refractivity contribution in [3.05, 3.63) is 20.8 Å². The lowest BCUT2D eigenvalue weighted by atomic mass is 9.97. The summed E-state index contributed by atoms with van der Waals surface area (Å²) >= 11 is 5.46. The van der Waals surface area contributed by atoms with Gasteiger partial charge < -0.3 is 5.32 Å². The van der Waals surface area contributed by atoms with Gasteiger partial charge in [0.25, 0.3) is 0 Å². The number of fused-ring (bicyclic) bond motifs is 2. The van der Waals surface area contributed by atoms with Crippen LogP contribution in [0.1, 0.15) is 43.9 Å². The summed E-state index contributed by atoms with van der Waals surface area (Å²) in [5, 5.41) is 3.73. The summed E-state index contributed by atoms with van der Waals surface area (Å²) in [7, 11) is 0. The number of hydrogen-bond donors (Lipinski definition) is 1. The standard InChI is InChI=1S/C15H23BrN2S/c1-2-7-17-11-8-12-3-4-13(9-11)18(12)10-14-5-6-15(16)19-14/h5-6,11-13,17H,2-4,7-10H2,1H3. The van der Waals surface area contributed by atoms with E-state index in [4.69, 9.17) is 0 Å². The minimum absolute atomic E-state index is 0.767. The quantitative estimate of drug-likeness (QED) is 0.869. The Morgan fingerprint density at radius 1 is 1.32 bits per heavy atom. The minimum Gasteiger partial charge on any atom is -0.314 e. The molecular weight excluding hydrogens is 320 g/mol. The van der Waals surface area contributed by atoms with Gasteiger partial charge in [0, 0.05) is 29.5 Å². The topological polar surface area (TPSA) is 15.3 Å². The fraction of sp³-hybridized carbons (Fsp3) is 0.733. The lowest BCUT2D eigenvalue weighted by Crippen LogP contribution is -2.48. The van der Waals surface area contributed by atoms with Crippen LogP contribution in [0.3, 0.4) is 0 Å². The fourth-order valence-corrected chi connectivity index (χ4v) is 5.16. The molecule has 3 rings (SSSR count). The molecule has 0 aromatic carbocycles. The van der Waals surface area contributed by atoms with E-state index in [1.807, 2.05) is 11.3 Å². The van der Waals surface area contributed by atoms with Gasteiger partial charge in [-0.1, -0.05) is 6.92 Å². The number of rotatable bonds is 5. The summed E-state index contributed by atoms with van der Waals surface area (Å²) in [6, 6.07) is 6.85. The van der Waals surface area contributed by atoms with Crippen LogP contribution in [0.5, 0.6) is 0 Å². The number of thiophene rings is 1. The lowest BCUT2D eigenvalue weighted by Gasteiger charge is -2.39. The Hall–Kier alpha value is 0.1000. The third kappa shape index (κ3) is 3.23. The highest BCUT2D eigenvalue weighted by Crippen LogP contribution is 2.37. The molecule has 1 aromatic heterocycles. The summed E-state index contributed by atoms with van der Waals surface area (Å²) in [6.45, 7) is 4.60. The van der Waals surface area contributed by atoms with Crippen molar-refractivity contribution in [2.45, 2.75) is 63.7 Å². The Morgan fingerprint density at radius 3 is 2.63 bits per heavy atom. The third-order valence-corrected chi connectivity index (χ3v) is 6.14. The Balaban J connectivity index is 1.60. The van der Waals surface area contributed by atoms with Gasteiger partial charge in [0.1, 0.15) is 0 Å². The molecule has 0 aliphatic carbocycles. The second-order valence-electron chi connectivity index (χ2n) is 5.89. The SMILES string of the molecule is CCCNC1CC2CCC(C1)N2Cc1ccc(Br)s1. The van der Waals surface area contributed by atoms with Crippen LogP contribution in [0.15, 0.2) is 15.9 Å². The molecule has 1 aromatic rings. The lowest BCUT2D eigenvalue weighted by molar-refractivity contribution is 0.110. The first-order valence-corrected chi connectivity index (χ1v) is 9.10. The van der Waals surface area contributed by atoms with Gasteiger partial charge in [-0.25, -0.2) is 0 Å². The highest BCUT2D eigenvalue weighted by Gasteiger charge is 2.40. The molecule has 106 valence electrons. The van der Waals surface area contributed by atoms with Crippen LogP contribution in [0.25, 0.3) is 0 Å². The Morgan fingerprint density at radius 2 is 2.05 bits per heavy atom. The van der Waals surface area contributed by atoms with E-state index in [9.17, 15) is 0 Å². The zero-order valence-electron chi connectivity index (χ0n) is 11.6. The number of hydrogen-bond acceptors (Lipinski definition) is 3. The summed E-state index contributed by atoms with van der Waals surface area (Å²) in [6.07, 6.45) is 6.76. The van der Waals surface area contributed by atoms with Crippen molar-refractivity contribution >= 4 is 27.3 Å². The van der Waals surface area contributed by atoms with Crippen molar-refractivity contribution in [3.63, 3.8) is 0 Å². The first-order chi connectivity index (χ1) is 9.26. The van der Waals surface area contributed by atoms with E-state index in [0.29, 0.717) is 0 Å². The molecule has 19 heavy (non-hydrogen) atoms. The first kappa shape index (κ1) is 14.1. The van der Waals surface area contributed by atoms with Crippen molar-refractivity contribution < 1.29 is 0 Å². The van der Waals surface area contributed by atoms with Gasteiger partial charge in [0.05, 0.1) is 3.79 Å². The van der Waals surface area contributed by atoms with E-state index in [1.54, 1.807) is 0 Å². The average Bonchev–Trinajstić information content (AvgIpc) is 2.89. The second kappa shape index (κ2) is 6.25. The van der Waals surface area contributed by atoms with Gasteiger partial charge >= 0.3 is 0 Å². The summed E-state index contributed by atoms with van der Waals surface area (Å²) in [4.78, 5) is 4.27. The maximum atomic E-state index is 3.73. The third-order valence-electron chi connectivity index (χ3n) is 4.53. The van der Waals surface area contributed by atoms with E-state index >= 15 is 0 Å². The first-order valence-electron chi connectivity index (χ1n) is 7.49. The highest BCUT2D eigenvalue weighted by atomic mass is 79.9. The molecule has 2 unspecified atom stereocenters. The minimum atomic E-state index is 0.767. The van der Waals surface area contributed by atoms with Gasteiger partial charge in [-0.2, -0.15) is 0 Å². The normalized spacial score (nSPS) is 30.9. The largest absolute Gasteiger partial charge is 0.314 e. The molecule has 3 heterocycles. The second-order valence-corrected chi connectivity index (χ2v) is 8.43. The van der Waals surface area contributed by atoms with Gasteiger partial charge in [-0.05, 0) is 66.7 Å². The molecule has 0 spiro atoms. The smallest absolute Gasteiger partial charge is 0.0701 e. The number of nitrogens with zero attached hydrogens (tertiary/aromatic N) is 1. The van der Waals surface area contributed by atoms with E-state index in [2.05, 4.69) is 45.2 Å². The van der Waals surface area contributed by atoms with Crippen LogP contribution < -0.4 is 5.32 Å². The van der Waals surface area contributed by atoms with Crippen LogP contribution in [0.4, 0.5) is 0 Å².